The SMILES string of the molecule is CCOC(=O)CC(C)N[C@H](C)c1cccnc1. The van der Waals surface area contributed by atoms with Crippen molar-refractivity contribution in [2.75, 3.05) is 6.61 Å². The Hall–Kier alpha value is -1.42. The Kier molecular flexibility index (Phi) is 5.63. The van der Waals surface area contributed by atoms with Gasteiger partial charge < -0.3 is 10.1 Å². The zero-order valence-electron chi connectivity index (χ0n) is 10.6. The Morgan fingerprint density at radius 3 is 2.88 bits per heavy atom. The number of ether oxygens (including phenoxy) is 1. The van der Waals surface area contributed by atoms with Crippen LogP contribution >= 0.6 is 0 Å². The van der Waals surface area contributed by atoms with Gasteiger partial charge in [0.25, 0.3) is 0 Å². The van der Waals surface area contributed by atoms with Crippen LogP contribution < -0.4 is 5.32 Å². The number of rotatable bonds is 6. The first-order chi connectivity index (χ1) is 8.13. The topological polar surface area (TPSA) is 51.2 Å². The van der Waals surface area contributed by atoms with Crippen molar-refractivity contribution >= 4 is 5.97 Å². The lowest BCUT2D eigenvalue weighted by Crippen LogP contribution is -2.31. The fraction of sp³-hybridized carbons (Fsp3) is 0.538. The van der Waals surface area contributed by atoms with Crippen LogP contribution in [-0.4, -0.2) is 23.6 Å². The Bertz CT molecular complexity index is 341. The molecule has 0 saturated heterocycles. The molecule has 94 valence electrons. The normalized spacial score (nSPS) is 14.1. The summed E-state index contributed by atoms with van der Waals surface area (Å²) in [5, 5.41) is 3.34. The number of carbonyl (C=O) groups excluding carboxylic acids is 1. The molecule has 1 rings (SSSR count). The predicted octanol–water partition coefficient (Wildman–Crippen LogP) is 2.07. The largest absolute Gasteiger partial charge is 0.466 e. The molecule has 4 nitrogen and oxygen atoms in total. The minimum absolute atomic E-state index is 0.0873. The van der Waals surface area contributed by atoms with Gasteiger partial charge in [0, 0.05) is 24.5 Å². The van der Waals surface area contributed by atoms with Crippen LogP contribution in [0.15, 0.2) is 24.5 Å². The van der Waals surface area contributed by atoms with Gasteiger partial charge in [-0.2, -0.15) is 0 Å². The summed E-state index contributed by atoms with van der Waals surface area (Å²) in [6.07, 6.45) is 3.96. The maximum atomic E-state index is 11.3. The van der Waals surface area contributed by atoms with Gasteiger partial charge in [0.15, 0.2) is 0 Å². The number of pyridine rings is 1. The molecule has 0 aromatic carbocycles. The van der Waals surface area contributed by atoms with Crippen LogP contribution in [0, 0.1) is 0 Å². The molecule has 1 aromatic heterocycles. The summed E-state index contributed by atoms with van der Waals surface area (Å²) in [6.45, 7) is 6.28. The number of nitrogens with zero attached hydrogens (tertiary/aromatic N) is 1. The van der Waals surface area contributed by atoms with Crippen molar-refractivity contribution in [3.05, 3.63) is 30.1 Å². The van der Waals surface area contributed by atoms with Crippen LogP contribution in [0.2, 0.25) is 0 Å². The van der Waals surface area contributed by atoms with E-state index in [0.717, 1.165) is 5.56 Å². The summed E-state index contributed by atoms with van der Waals surface area (Å²) in [5.41, 5.74) is 1.11. The van der Waals surface area contributed by atoms with Gasteiger partial charge in [0.1, 0.15) is 0 Å². The summed E-state index contributed by atoms with van der Waals surface area (Å²) in [6, 6.07) is 4.18. The van der Waals surface area contributed by atoms with E-state index in [9.17, 15) is 4.79 Å². The number of hydrogen-bond acceptors (Lipinski definition) is 4. The van der Waals surface area contributed by atoms with Crippen molar-refractivity contribution in [1.82, 2.24) is 10.3 Å². The maximum absolute atomic E-state index is 11.3. The molecule has 0 saturated carbocycles. The number of nitrogens with one attached hydrogen (secondary N) is 1. The third kappa shape index (κ3) is 4.95. The van der Waals surface area contributed by atoms with Gasteiger partial charge in [0.05, 0.1) is 13.0 Å². The van der Waals surface area contributed by atoms with Crippen LogP contribution in [0.5, 0.6) is 0 Å². The lowest BCUT2D eigenvalue weighted by molar-refractivity contribution is -0.143. The summed E-state index contributed by atoms with van der Waals surface area (Å²) >= 11 is 0. The Balaban J connectivity index is 2.41. The van der Waals surface area contributed by atoms with Gasteiger partial charge in [0.2, 0.25) is 0 Å². The molecule has 0 aliphatic rings. The number of esters is 1. The second kappa shape index (κ2) is 7.01. The molecule has 0 bridgehead atoms. The Morgan fingerprint density at radius 1 is 1.53 bits per heavy atom. The molecule has 1 aromatic rings. The van der Waals surface area contributed by atoms with Gasteiger partial charge in [-0.25, -0.2) is 0 Å². The molecule has 4 heteroatoms. The van der Waals surface area contributed by atoms with Crippen molar-refractivity contribution < 1.29 is 9.53 Å². The average Bonchev–Trinajstić information content (AvgIpc) is 2.30. The lowest BCUT2D eigenvalue weighted by atomic mass is 10.1. The summed E-state index contributed by atoms with van der Waals surface area (Å²) in [5.74, 6) is -0.161. The highest BCUT2D eigenvalue weighted by atomic mass is 16.5. The maximum Gasteiger partial charge on any atom is 0.307 e. The Morgan fingerprint density at radius 2 is 2.29 bits per heavy atom. The second-order valence-corrected chi connectivity index (χ2v) is 4.08. The van der Waals surface area contributed by atoms with E-state index in [1.807, 2.05) is 32.2 Å². The van der Waals surface area contributed by atoms with Gasteiger partial charge in [-0.05, 0) is 32.4 Å². The van der Waals surface area contributed by atoms with Crippen LogP contribution in [0.3, 0.4) is 0 Å². The molecule has 2 atom stereocenters. The molecule has 17 heavy (non-hydrogen) atoms. The molecule has 0 spiro atoms. The monoisotopic (exact) mass is 236 g/mol. The van der Waals surface area contributed by atoms with E-state index in [0.29, 0.717) is 13.0 Å². The second-order valence-electron chi connectivity index (χ2n) is 4.08. The van der Waals surface area contributed by atoms with E-state index >= 15 is 0 Å². The minimum Gasteiger partial charge on any atom is -0.466 e. The van der Waals surface area contributed by atoms with Gasteiger partial charge >= 0.3 is 5.97 Å². The first kappa shape index (κ1) is 13.6. The molecule has 0 radical (unpaired) electrons. The van der Waals surface area contributed by atoms with Crippen molar-refractivity contribution in [3.8, 4) is 0 Å². The van der Waals surface area contributed by atoms with Crippen LogP contribution in [0.4, 0.5) is 0 Å². The van der Waals surface area contributed by atoms with Gasteiger partial charge in [-0.15, -0.1) is 0 Å². The standard InChI is InChI=1S/C13H20N2O2/c1-4-17-13(16)8-10(2)15-11(3)12-6-5-7-14-9-12/h5-7,9-11,15H,4,8H2,1-3H3/t10?,11-/m1/s1. The summed E-state index contributed by atoms with van der Waals surface area (Å²) in [4.78, 5) is 15.4. The zero-order chi connectivity index (χ0) is 12.7. The molecular formula is C13H20N2O2. The molecule has 0 fully saturated rings. The molecular weight excluding hydrogens is 216 g/mol. The summed E-state index contributed by atoms with van der Waals surface area (Å²) in [7, 11) is 0. The smallest absolute Gasteiger partial charge is 0.307 e. The highest BCUT2D eigenvalue weighted by Crippen LogP contribution is 2.11. The molecule has 1 heterocycles. The lowest BCUT2D eigenvalue weighted by Gasteiger charge is -2.19. The number of carbonyl (C=O) groups is 1. The van der Waals surface area contributed by atoms with E-state index in [1.54, 1.807) is 6.20 Å². The van der Waals surface area contributed by atoms with Crippen molar-refractivity contribution in [1.29, 1.82) is 0 Å². The van der Waals surface area contributed by atoms with Crippen LogP contribution in [0.1, 0.15) is 38.8 Å². The van der Waals surface area contributed by atoms with Crippen LogP contribution in [0.25, 0.3) is 0 Å². The summed E-state index contributed by atoms with van der Waals surface area (Å²) < 4.78 is 4.91. The van der Waals surface area contributed by atoms with Gasteiger partial charge in [-0.3, -0.25) is 9.78 Å². The molecule has 0 aliphatic heterocycles. The molecule has 0 aliphatic carbocycles. The van der Waals surface area contributed by atoms with Crippen molar-refractivity contribution in [3.63, 3.8) is 0 Å². The molecule has 0 amide bonds. The first-order valence-corrected chi connectivity index (χ1v) is 5.95. The Labute approximate surface area is 102 Å². The molecule has 1 unspecified atom stereocenters. The fourth-order valence-corrected chi connectivity index (χ4v) is 1.68. The average molecular weight is 236 g/mol. The predicted molar refractivity (Wildman–Crippen MR) is 66.5 cm³/mol. The third-order valence-corrected chi connectivity index (χ3v) is 2.50. The quantitative estimate of drug-likeness (QED) is 0.768. The van der Waals surface area contributed by atoms with E-state index in [-0.39, 0.29) is 18.1 Å². The van der Waals surface area contributed by atoms with E-state index in [2.05, 4.69) is 17.2 Å². The number of hydrogen-bond donors (Lipinski definition) is 1. The van der Waals surface area contributed by atoms with Gasteiger partial charge in [-0.1, -0.05) is 6.07 Å². The first-order valence-electron chi connectivity index (χ1n) is 5.95. The van der Waals surface area contributed by atoms with E-state index in [4.69, 9.17) is 4.74 Å². The fourth-order valence-electron chi connectivity index (χ4n) is 1.68. The van der Waals surface area contributed by atoms with Crippen molar-refractivity contribution in [2.24, 2.45) is 0 Å². The number of aromatic nitrogens is 1. The van der Waals surface area contributed by atoms with E-state index < -0.39 is 0 Å². The third-order valence-electron chi connectivity index (χ3n) is 2.50. The minimum atomic E-state index is -0.161. The van der Waals surface area contributed by atoms with E-state index in [1.165, 1.54) is 0 Å². The highest BCUT2D eigenvalue weighted by molar-refractivity contribution is 5.70. The molecule has 1 N–H and O–H groups in total. The van der Waals surface area contributed by atoms with Crippen LogP contribution in [-0.2, 0) is 9.53 Å². The highest BCUT2D eigenvalue weighted by Gasteiger charge is 2.13. The zero-order valence-corrected chi connectivity index (χ0v) is 10.6. The van der Waals surface area contributed by atoms with Crippen molar-refractivity contribution in [2.45, 2.75) is 39.3 Å².